The van der Waals surface area contributed by atoms with Crippen LogP contribution in [0.4, 0.5) is 5.69 Å². The van der Waals surface area contributed by atoms with Gasteiger partial charge in [0.15, 0.2) is 11.5 Å². The van der Waals surface area contributed by atoms with Gasteiger partial charge in [-0.15, -0.1) is 0 Å². The van der Waals surface area contributed by atoms with Crippen molar-refractivity contribution < 1.29 is 19.8 Å². The Morgan fingerprint density at radius 3 is 1.88 bits per heavy atom. The third-order valence-electron chi connectivity index (χ3n) is 3.80. The van der Waals surface area contributed by atoms with Gasteiger partial charge in [0.1, 0.15) is 22.2 Å². The highest BCUT2D eigenvalue weighted by Gasteiger charge is 2.43. The number of hydrogen-bond donors (Lipinski definition) is 2. The van der Waals surface area contributed by atoms with Crippen LogP contribution in [0.3, 0.4) is 0 Å². The maximum absolute atomic E-state index is 12.7. The normalized spacial score (nSPS) is 13.6. The van der Waals surface area contributed by atoms with E-state index >= 15 is 0 Å². The summed E-state index contributed by atoms with van der Waals surface area (Å²) in [6.45, 7) is 0. The highest BCUT2D eigenvalue weighted by atomic mass is 79.9. The molecular formula is C16H8BrN3O4. The van der Waals surface area contributed by atoms with Crippen LogP contribution in [-0.2, 0) is 0 Å². The largest absolute Gasteiger partial charge is 0.505 e. The Hall–Kier alpha value is -3.00. The number of nitrogens with zero attached hydrogens (tertiary/aromatic N) is 3. The number of phenolic OH excluding ortho intramolecular Hbond substituents is 2. The zero-order chi connectivity index (χ0) is 17.0. The second-order valence-electron chi connectivity index (χ2n) is 5.10. The predicted molar refractivity (Wildman–Crippen MR) is 88.1 cm³/mol. The molecule has 3 aromatic rings. The lowest BCUT2D eigenvalue weighted by atomic mass is 10.1. The number of imide groups is 1. The summed E-state index contributed by atoms with van der Waals surface area (Å²) in [5.41, 5.74) is -0.317. The number of fused-ring (bicyclic) bond motifs is 2. The fourth-order valence-corrected chi connectivity index (χ4v) is 3.20. The smallest absolute Gasteiger partial charge is 0.270 e. The lowest BCUT2D eigenvalue weighted by molar-refractivity contribution is 0.0925. The van der Waals surface area contributed by atoms with E-state index in [1.165, 1.54) is 12.4 Å². The number of carbonyl (C=O) groups excluding carboxylic acids is 2. The minimum atomic E-state index is -0.734. The highest BCUT2D eigenvalue weighted by molar-refractivity contribution is 9.10. The second kappa shape index (κ2) is 5.00. The first-order valence-electron chi connectivity index (χ1n) is 6.84. The van der Waals surface area contributed by atoms with Crippen LogP contribution in [0.5, 0.6) is 11.5 Å². The van der Waals surface area contributed by atoms with Crippen LogP contribution >= 0.6 is 15.9 Å². The number of rotatable bonds is 1. The molecule has 2 N–H and O–H groups in total. The van der Waals surface area contributed by atoms with Gasteiger partial charge in [0.2, 0.25) is 0 Å². The molecular weight excluding hydrogens is 378 g/mol. The van der Waals surface area contributed by atoms with Crippen LogP contribution in [0.25, 0.3) is 11.0 Å². The van der Waals surface area contributed by atoms with Gasteiger partial charge in [-0.05, 0) is 28.1 Å². The summed E-state index contributed by atoms with van der Waals surface area (Å²) in [6.07, 6.45) is 2.64. The van der Waals surface area contributed by atoms with E-state index in [1.807, 2.05) is 0 Å². The minimum absolute atomic E-state index is 0.0381. The van der Waals surface area contributed by atoms with Crippen molar-refractivity contribution in [2.45, 2.75) is 0 Å². The Bertz CT molecular complexity index is 990. The fraction of sp³-hybridized carbons (Fsp3) is 0. The molecule has 2 aromatic carbocycles. The Labute approximate surface area is 143 Å². The Morgan fingerprint density at radius 1 is 0.875 bits per heavy atom. The fourth-order valence-electron chi connectivity index (χ4n) is 2.74. The quantitative estimate of drug-likeness (QED) is 0.492. The van der Waals surface area contributed by atoms with E-state index < -0.39 is 23.3 Å². The average molecular weight is 386 g/mol. The Kier molecular flexibility index (Phi) is 3.04. The molecule has 0 spiro atoms. The van der Waals surface area contributed by atoms with Crippen molar-refractivity contribution in [1.29, 1.82) is 0 Å². The molecule has 1 aliphatic rings. The maximum Gasteiger partial charge on any atom is 0.270 e. The first kappa shape index (κ1) is 14.6. The predicted octanol–water partition coefficient (Wildman–Crippen LogP) is 2.60. The van der Waals surface area contributed by atoms with Gasteiger partial charge < -0.3 is 10.2 Å². The number of phenols is 2. The number of anilines is 1. The van der Waals surface area contributed by atoms with E-state index in [9.17, 15) is 19.8 Å². The van der Waals surface area contributed by atoms with Crippen molar-refractivity contribution in [3.8, 4) is 11.5 Å². The van der Waals surface area contributed by atoms with Crippen LogP contribution in [0.15, 0.2) is 41.1 Å². The Morgan fingerprint density at radius 2 is 1.38 bits per heavy atom. The first-order valence-corrected chi connectivity index (χ1v) is 7.63. The number of halogens is 1. The van der Waals surface area contributed by atoms with Crippen molar-refractivity contribution >= 4 is 44.5 Å². The number of para-hydroxylation sites is 1. The molecule has 2 amide bonds. The van der Waals surface area contributed by atoms with Gasteiger partial charge >= 0.3 is 0 Å². The van der Waals surface area contributed by atoms with Crippen LogP contribution in [-0.4, -0.2) is 32.0 Å². The lowest BCUT2D eigenvalue weighted by Gasteiger charge is -2.15. The molecule has 7 nitrogen and oxygen atoms in total. The molecule has 8 heteroatoms. The molecule has 1 aliphatic heterocycles. The van der Waals surface area contributed by atoms with Crippen molar-refractivity contribution in [2.75, 3.05) is 4.90 Å². The third-order valence-corrected chi connectivity index (χ3v) is 4.47. The summed E-state index contributed by atoms with van der Waals surface area (Å²) in [7, 11) is 0. The highest BCUT2D eigenvalue weighted by Crippen LogP contribution is 2.44. The topological polar surface area (TPSA) is 104 Å². The molecule has 0 saturated carbocycles. The van der Waals surface area contributed by atoms with E-state index in [0.29, 0.717) is 10.2 Å². The number of aromatic hydroxyl groups is 2. The van der Waals surface area contributed by atoms with E-state index in [1.54, 1.807) is 24.3 Å². The van der Waals surface area contributed by atoms with Gasteiger partial charge in [-0.2, -0.15) is 0 Å². The zero-order valence-electron chi connectivity index (χ0n) is 11.9. The molecule has 24 heavy (non-hydrogen) atoms. The summed E-state index contributed by atoms with van der Waals surface area (Å²) in [5, 5.41) is 20.8. The zero-order valence-corrected chi connectivity index (χ0v) is 13.5. The molecule has 0 fully saturated rings. The molecule has 0 unspecified atom stereocenters. The van der Waals surface area contributed by atoms with Crippen LogP contribution in [0.2, 0.25) is 0 Å². The van der Waals surface area contributed by atoms with E-state index in [4.69, 9.17) is 0 Å². The second-order valence-corrected chi connectivity index (χ2v) is 5.95. The molecule has 0 bridgehead atoms. The monoisotopic (exact) mass is 385 g/mol. The molecule has 118 valence electrons. The summed E-state index contributed by atoms with van der Waals surface area (Å²) in [4.78, 5) is 34.2. The maximum atomic E-state index is 12.7. The molecule has 0 saturated heterocycles. The van der Waals surface area contributed by atoms with Gasteiger partial charge in [0, 0.05) is 16.9 Å². The average Bonchev–Trinajstić information content (AvgIpc) is 2.85. The Balaban J connectivity index is 2.04. The first-order chi connectivity index (χ1) is 11.5. The summed E-state index contributed by atoms with van der Waals surface area (Å²) < 4.78 is 0.527. The van der Waals surface area contributed by atoms with Crippen LogP contribution in [0, 0.1) is 0 Å². The SMILES string of the molecule is O=C1c2c(c(O)c3nccnc3c2O)C(=O)N1c1ccccc1Br. The number of carbonyl (C=O) groups is 2. The number of amides is 2. The van der Waals surface area contributed by atoms with Crippen molar-refractivity contribution in [1.82, 2.24) is 9.97 Å². The molecule has 2 heterocycles. The van der Waals surface area contributed by atoms with Crippen molar-refractivity contribution in [3.63, 3.8) is 0 Å². The van der Waals surface area contributed by atoms with E-state index in [-0.39, 0.29) is 22.2 Å². The molecule has 1 aromatic heterocycles. The van der Waals surface area contributed by atoms with Crippen molar-refractivity contribution in [3.05, 3.63) is 52.3 Å². The van der Waals surface area contributed by atoms with Gasteiger partial charge in [-0.1, -0.05) is 12.1 Å². The van der Waals surface area contributed by atoms with Crippen LogP contribution < -0.4 is 4.90 Å². The van der Waals surface area contributed by atoms with E-state index in [2.05, 4.69) is 25.9 Å². The summed E-state index contributed by atoms with van der Waals surface area (Å²) in [5.74, 6) is -2.41. The van der Waals surface area contributed by atoms with Gasteiger partial charge in [0.05, 0.1) is 5.69 Å². The summed E-state index contributed by atoms with van der Waals surface area (Å²) >= 11 is 3.29. The number of benzene rings is 2. The standard InChI is InChI=1S/C16H8BrN3O4/c17-7-3-1-2-4-8(7)20-15(23)9-10(16(20)24)14(22)12-11(13(9)21)18-5-6-19-12/h1-6,21-22H. The molecule has 0 atom stereocenters. The minimum Gasteiger partial charge on any atom is -0.505 e. The molecule has 0 aliphatic carbocycles. The van der Waals surface area contributed by atoms with Gasteiger partial charge in [-0.25, -0.2) is 14.9 Å². The number of hydrogen-bond acceptors (Lipinski definition) is 6. The molecule has 0 radical (unpaired) electrons. The van der Waals surface area contributed by atoms with Gasteiger partial charge in [-0.3, -0.25) is 9.59 Å². The molecule has 4 rings (SSSR count). The number of aromatic nitrogens is 2. The lowest BCUT2D eigenvalue weighted by Crippen LogP contribution is -2.29. The van der Waals surface area contributed by atoms with Gasteiger partial charge in [0.25, 0.3) is 11.8 Å². The third kappa shape index (κ3) is 1.77. The van der Waals surface area contributed by atoms with Crippen LogP contribution in [0.1, 0.15) is 20.7 Å². The van der Waals surface area contributed by atoms with E-state index in [0.717, 1.165) is 4.90 Å². The summed E-state index contributed by atoms with van der Waals surface area (Å²) in [6, 6.07) is 6.67. The van der Waals surface area contributed by atoms with Crippen molar-refractivity contribution in [2.24, 2.45) is 0 Å².